The molecule has 0 fully saturated rings. The van der Waals surface area contributed by atoms with E-state index in [1.807, 2.05) is 44.2 Å². The van der Waals surface area contributed by atoms with Gasteiger partial charge in [-0.3, -0.25) is 13.9 Å². The molecule has 0 heterocycles. The molecule has 0 aliphatic rings. The smallest absolute Gasteiger partial charge is 0.244 e. The van der Waals surface area contributed by atoms with Crippen LogP contribution < -0.4 is 14.4 Å². The number of ether oxygens (including phenoxy) is 1. The fourth-order valence-electron chi connectivity index (χ4n) is 4.36. The van der Waals surface area contributed by atoms with Crippen LogP contribution in [0.4, 0.5) is 5.69 Å². The molecule has 3 aromatic carbocycles. The minimum Gasteiger partial charge on any atom is -0.492 e. The highest BCUT2D eigenvalue weighted by atomic mass is 35.5. The average Bonchev–Trinajstić information content (AvgIpc) is 2.95. The third-order valence-electron chi connectivity index (χ3n) is 6.74. The van der Waals surface area contributed by atoms with E-state index >= 15 is 0 Å². The molecule has 0 aliphatic carbocycles. The highest BCUT2D eigenvalue weighted by Gasteiger charge is 2.34. The molecule has 0 aromatic heterocycles. The molecule has 42 heavy (non-hydrogen) atoms. The maximum absolute atomic E-state index is 14.2. The molecular formula is C31H37Cl2N3O5S. The van der Waals surface area contributed by atoms with Crippen LogP contribution in [-0.4, -0.2) is 56.6 Å². The molecule has 3 rings (SSSR count). The number of benzene rings is 3. The third kappa shape index (κ3) is 9.11. The fraction of sp³-hybridized carbons (Fsp3) is 0.355. The second-order valence-electron chi connectivity index (χ2n) is 9.95. The van der Waals surface area contributed by atoms with Gasteiger partial charge in [0.1, 0.15) is 18.3 Å². The summed E-state index contributed by atoms with van der Waals surface area (Å²) >= 11 is 12.6. The van der Waals surface area contributed by atoms with Gasteiger partial charge in [0.2, 0.25) is 21.8 Å². The Balaban J connectivity index is 2.11. The quantitative estimate of drug-likeness (QED) is 0.245. The van der Waals surface area contributed by atoms with Crippen molar-refractivity contribution in [2.24, 2.45) is 0 Å². The number of nitrogens with one attached hydrogen (secondary N) is 1. The molecule has 11 heteroatoms. The van der Waals surface area contributed by atoms with E-state index in [4.69, 9.17) is 27.9 Å². The van der Waals surface area contributed by atoms with Gasteiger partial charge in [-0.2, -0.15) is 0 Å². The summed E-state index contributed by atoms with van der Waals surface area (Å²) in [6.45, 7) is 5.32. The number of amides is 2. The predicted molar refractivity (Wildman–Crippen MR) is 169 cm³/mol. The van der Waals surface area contributed by atoms with Gasteiger partial charge in [0, 0.05) is 29.1 Å². The number of anilines is 1. The number of nitrogens with zero attached hydrogens (tertiary/aromatic N) is 2. The molecule has 2 atom stereocenters. The third-order valence-corrected chi connectivity index (χ3v) is 8.45. The first-order valence-electron chi connectivity index (χ1n) is 13.7. The van der Waals surface area contributed by atoms with Crippen molar-refractivity contribution in [3.05, 3.63) is 94.0 Å². The Labute approximate surface area is 258 Å². The summed E-state index contributed by atoms with van der Waals surface area (Å²) < 4.78 is 32.8. The Morgan fingerprint density at radius 3 is 2.26 bits per heavy atom. The Bertz CT molecular complexity index is 1470. The zero-order chi connectivity index (χ0) is 30.9. The number of carbonyl (C=O) groups is 2. The van der Waals surface area contributed by atoms with Crippen LogP contribution >= 0.6 is 23.2 Å². The Morgan fingerprint density at radius 1 is 0.976 bits per heavy atom. The summed E-state index contributed by atoms with van der Waals surface area (Å²) in [7, 11) is -3.94. The van der Waals surface area contributed by atoms with Crippen LogP contribution in [-0.2, 0) is 32.6 Å². The summed E-state index contributed by atoms with van der Waals surface area (Å²) in [5.74, 6) is -0.619. The summed E-state index contributed by atoms with van der Waals surface area (Å²) in [6.07, 6.45) is 1.92. The van der Waals surface area contributed by atoms with E-state index in [0.29, 0.717) is 34.4 Å². The van der Waals surface area contributed by atoms with Crippen LogP contribution in [0, 0.1) is 0 Å². The standard InChI is InChI=1S/C31H37Cl2N3O5S/c1-5-22(3)34-31(38)28(18-23-12-8-7-9-13-23)35(20-24-16-17-25(32)19-26(24)33)30(37)21-36(42(4,39)40)27-14-10-11-15-29(27)41-6-2/h7-17,19,22,28H,5-6,18,20-21H2,1-4H3,(H,34,38). The van der Waals surface area contributed by atoms with Gasteiger partial charge in [-0.05, 0) is 55.7 Å². The molecular weight excluding hydrogens is 597 g/mol. The molecule has 0 bridgehead atoms. The van der Waals surface area contributed by atoms with Crippen molar-refractivity contribution in [3.8, 4) is 5.75 Å². The molecule has 0 radical (unpaired) electrons. The Morgan fingerprint density at radius 2 is 1.64 bits per heavy atom. The number of rotatable bonds is 14. The predicted octanol–water partition coefficient (Wildman–Crippen LogP) is 5.71. The van der Waals surface area contributed by atoms with Crippen molar-refractivity contribution in [2.75, 3.05) is 23.7 Å². The summed E-state index contributed by atoms with van der Waals surface area (Å²) in [5.41, 5.74) is 1.62. The monoisotopic (exact) mass is 633 g/mol. The van der Waals surface area contributed by atoms with Crippen LogP contribution in [0.5, 0.6) is 5.75 Å². The zero-order valence-electron chi connectivity index (χ0n) is 24.2. The highest BCUT2D eigenvalue weighted by molar-refractivity contribution is 7.92. The molecule has 1 N–H and O–H groups in total. The lowest BCUT2D eigenvalue weighted by atomic mass is 10.0. The fourth-order valence-corrected chi connectivity index (χ4v) is 5.69. The van der Waals surface area contributed by atoms with Gasteiger partial charge >= 0.3 is 0 Å². The van der Waals surface area contributed by atoms with E-state index in [2.05, 4.69) is 5.32 Å². The largest absolute Gasteiger partial charge is 0.492 e. The van der Waals surface area contributed by atoms with Crippen molar-refractivity contribution in [3.63, 3.8) is 0 Å². The molecule has 8 nitrogen and oxygen atoms in total. The second-order valence-corrected chi connectivity index (χ2v) is 12.7. The topological polar surface area (TPSA) is 96.0 Å². The van der Waals surface area contributed by atoms with Crippen LogP contribution in [0.25, 0.3) is 0 Å². The van der Waals surface area contributed by atoms with Gasteiger partial charge in [-0.15, -0.1) is 0 Å². The molecule has 3 aromatic rings. The molecule has 0 saturated heterocycles. The maximum Gasteiger partial charge on any atom is 0.244 e. The summed E-state index contributed by atoms with van der Waals surface area (Å²) in [4.78, 5) is 29.4. The van der Waals surface area contributed by atoms with Crippen molar-refractivity contribution < 1.29 is 22.7 Å². The van der Waals surface area contributed by atoms with Gasteiger partial charge in [0.15, 0.2) is 0 Å². The first-order valence-corrected chi connectivity index (χ1v) is 16.3. The Hall–Kier alpha value is -3.27. The number of para-hydroxylation sites is 2. The van der Waals surface area contributed by atoms with E-state index in [1.165, 1.54) is 4.90 Å². The average molecular weight is 635 g/mol. The van der Waals surface area contributed by atoms with Crippen molar-refractivity contribution >= 4 is 50.7 Å². The van der Waals surface area contributed by atoms with Gasteiger partial charge in [-0.25, -0.2) is 8.42 Å². The van der Waals surface area contributed by atoms with Gasteiger partial charge in [0.05, 0.1) is 18.6 Å². The highest BCUT2D eigenvalue weighted by Crippen LogP contribution is 2.31. The first kappa shape index (κ1) is 33.2. The molecule has 2 unspecified atom stereocenters. The van der Waals surface area contributed by atoms with E-state index in [9.17, 15) is 18.0 Å². The summed E-state index contributed by atoms with van der Waals surface area (Å²) in [6, 6.07) is 19.8. The van der Waals surface area contributed by atoms with Gasteiger partial charge < -0.3 is 15.0 Å². The van der Waals surface area contributed by atoms with Crippen LogP contribution in [0.15, 0.2) is 72.8 Å². The lowest BCUT2D eigenvalue weighted by Crippen LogP contribution is -2.54. The minimum absolute atomic E-state index is 0.0506. The molecule has 0 saturated carbocycles. The van der Waals surface area contributed by atoms with Crippen LogP contribution in [0.3, 0.4) is 0 Å². The molecule has 2 amide bonds. The second kappa shape index (κ2) is 15.3. The van der Waals surface area contributed by atoms with E-state index in [0.717, 1.165) is 16.1 Å². The van der Waals surface area contributed by atoms with E-state index in [-0.39, 0.29) is 30.6 Å². The number of hydrogen-bond acceptors (Lipinski definition) is 5. The Kier molecular flexibility index (Phi) is 12.1. The van der Waals surface area contributed by atoms with Crippen molar-refractivity contribution in [1.29, 1.82) is 0 Å². The zero-order valence-corrected chi connectivity index (χ0v) is 26.5. The molecule has 0 aliphatic heterocycles. The van der Waals surface area contributed by atoms with Crippen molar-refractivity contribution in [2.45, 2.75) is 52.2 Å². The SMILES string of the molecule is CCOc1ccccc1N(CC(=O)N(Cc1ccc(Cl)cc1Cl)C(Cc1ccccc1)C(=O)NC(C)CC)S(C)(=O)=O. The normalized spacial score (nSPS) is 12.7. The van der Waals surface area contributed by atoms with E-state index < -0.39 is 28.5 Å². The summed E-state index contributed by atoms with van der Waals surface area (Å²) in [5, 5.41) is 3.74. The maximum atomic E-state index is 14.2. The van der Waals surface area contributed by atoms with Crippen LogP contribution in [0.1, 0.15) is 38.3 Å². The lowest BCUT2D eigenvalue weighted by molar-refractivity contribution is -0.140. The number of hydrogen-bond donors (Lipinski definition) is 1. The van der Waals surface area contributed by atoms with Crippen LogP contribution in [0.2, 0.25) is 10.0 Å². The number of sulfonamides is 1. The molecule has 226 valence electrons. The van der Waals surface area contributed by atoms with E-state index in [1.54, 1.807) is 49.4 Å². The number of carbonyl (C=O) groups excluding carboxylic acids is 2. The minimum atomic E-state index is -3.94. The van der Waals surface area contributed by atoms with Gasteiger partial charge in [-0.1, -0.05) is 78.7 Å². The molecule has 0 spiro atoms. The van der Waals surface area contributed by atoms with Crippen molar-refractivity contribution in [1.82, 2.24) is 10.2 Å². The first-order chi connectivity index (χ1) is 19.9. The number of halogens is 2. The van der Waals surface area contributed by atoms with Gasteiger partial charge in [0.25, 0.3) is 0 Å². The lowest BCUT2D eigenvalue weighted by Gasteiger charge is -2.34.